The lowest BCUT2D eigenvalue weighted by atomic mass is 9.63. The first kappa shape index (κ1) is 14.5. The molecule has 0 atom stereocenters. The molecule has 1 saturated carbocycles. The van der Waals surface area contributed by atoms with Crippen LogP contribution in [0.5, 0.6) is 0 Å². The Morgan fingerprint density at radius 2 is 1.91 bits per heavy atom. The standard InChI is InChI=1S/C20H22N2O/c1-14-3-4-15-12-18(23)17(13-21)19(16(15)11-14)22-9-7-20(8-10-22)5-2-6-20/h3-4,11H,2,5-10,12H2,1H3. The molecule has 23 heavy (non-hydrogen) atoms. The average molecular weight is 306 g/mol. The van der Waals surface area contributed by atoms with Gasteiger partial charge in [0.05, 0.1) is 5.70 Å². The molecule has 1 aliphatic heterocycles. The number of benzene rings is 1. The van der Waals surface area contributed by atoms with Gasteiger partial charge >= 0.3 is 0 Å². The zero-order valence-electron chi connectivity index (χ0n) is 13.7. The van der Waals surface area contributed by atoms with E-state index in [0.29, 0.717) is 17.4 Å². The summed E-state index contributed by atoms with van der Waals surface area (Å²) in [7, 11) is 0. The van der Waals surface area contributed by atoms with Crippen molar-refractivity contribution in [2.75, 3.05) is 13.1 Å². The number of nitrogens with zero attached hydrogens (tertiary/aromatic N) is 2. The van der Waals surface area contributed by atoms with Gasteiger partial charge in [-0.15, -0.1) is 0 Å². The van der Waals surface area contributed by atoms with Crippen molar-refractivity contribution in [2.24, 2.45) is 5.41 Å². The van der Waals surface area contributed by atoms with Gasteiger partial charge in [0.15, 0.2) is 5.78 Å². The number of hydrogen-bond donors (Lipinski definition) is 0. The number of aryl methyl sites for hydroxylation is 1. The highest BCUT2D eigenvalue weighted by Crippen LogP contribution is 2.50. The van der Waals surface area contributed by atoms with Crippen molar-refractivity contribution in [3.05, 3.63) is 40.5 Å². The normalized spacial score (nSPS) is 22.6. The van der Waals surface area contributed by atoms with Crippen LogP contribution in [-0.4, -0.2) is 23.8 Å². The minimum atomic E-state index is -0.0252. The molecule has 0 aromatic heterocycles. The fourth-order valence-electron chi connectivity index (χ4n) is 4.42. The fraction of sp³-hybridized carbons (Fsp3) is 0.500. The number of Topliss-reactive ketones (excluding diaryl/α,β-unsaturated/α-hetero) is 1. The maximum atomic E-state index is 12.4. The molecule has 1 aromatic rings. The van der Waals surface area contributed by atoms with Crippen LogP contribution in [-0.2, 0) is 11.2 Å². The van der Waals surface area contributed by atoms with E-state index in [4.69, 9.17) is 0 Å². The molecule has 0 bridgehead atoms. The van der Waals surface area contributed by atoms with E-state index in [0.717, 1.165) is 29.9 Å². The Morgan fingerprint density at radius 3 is 2.52 bits per heavy atom. The van der Waals surface area contributed by atoms with Gasteiger partial charge in [-0.1, -0.05) is 24.1 Å². The molecule has 3 nitrogen and oxygen atoms in total. The van der Waals surface area contributed by atoms with E-state index in [1.54, 1.807) is 0 Å². The third-order valence-electron chi connectivity index (χ3n) is 6.05. The number of hydrogen-bond acceptors (Lipinski definition) is 3. The minimum absolute atomic E-state index is 0.0252. The third-order valence-corrected chi connectivity index (χ3v) is 6.05. The number of likely N-dealkylation sites (tertiary alicyclic amines) is 1. The average Bonchev–Trinajstić information content (AvgIpc) is 2.53. The van der Waals surface area contributed by atoms with Crippen LogP contribution in [0.1, 0.15) is 48.8 Å². The first-order valence-electron chi connectivity index (χ1n) is 8.64. The van der Waals surface area contributed by atoms with Crippen molar-refractivity contribution in [1.82, 2.24) is 4.90 Å². The van der Waals surface area contributed by atoms with Crippen LogP contribution >= 0.6 is 0 Å². The third kappa shape index (κ3) is 2.28. The Balaban J connectivity index is 1.73. The van der Waals surface area contributed by atoms with E-state index in [1.165, 1.54) is 37.7 Å². The summed E-state index contributed by atoms with van der Waals surface area (Å²) in [6, 6.07) is 8.45. The Labute approximate surface area is 137 Å². The molecule has 2 fully saturated rings. The molecule has 3 heteroatoms. The predicted molar refractivity (Wildman–Crippen MR) is 89.5 cm³/mol. The van der Waals surface area contributed by atoms with Gasteiger partial charge in [-0.05, 0) is 49.7 Å². The summed E-state index contributed by atoms with van der Waals surface area (Å²) < 4.78 is 0. The van der Waals surface area contributed by atoms with E-state index in [2.05, 4.69) is 30.0 Å². The Kier molecular flexibility index (Phi) is 3.30. The van der Waals surface area contributed by atoms with E-state index in [9.17, 15) is 10.1 Å². The monoisotopic (exact) mass is 306 g/mol. The molecule has 4 rings (SSSR count). The second kappa shape index (κ2) is 5.23. The quantitative estimate of drug-likeness (QED) is 0.796. The van der Waals surface area contributed by atoms with Gasteiger partial charge in [-0.3, -0.25) is 4.79 Å². The van der Waals surface area contributed by atoms with Gasteiger partial charge in [0, 0.05) is 25.1 Å². The molecule has 2 aliphatic carbocycles. The summed E-state index contributed by atoms with van der Waals surface area (Å²) in [5.74, 6) is -0.0252. The fourth-order valence-corrected chi connectivity index (χ4v) is 4.42. The van der Waals surface area contributed by atoms with Gasteiger partial charge in [-0.2, -0.15) is 5.26 Å². The van der Waals surface area contributed by atoms with E-state index in [-0.39, 0.29) is 5.78 Å². The summed E-state index contributed by atoms with van der Waals surface area (Å²) in [6.07, 6.45) is 6.85. The highest BCUT2D eigenvalue weighted by Gasteiger charge is 2.41. The molecule has 0 amide bonds. The van der Waals surface area contributed by atoms with Gasteiger partial charge in [0.25, 0.3) is 0 Å². The van der Waals surface area contributed by atoms with Crippen LogP contribution in [0.2, 0.25) is 0 Å². The second-order valence-corrected chi connectivity index (χ2v) is 7.44. The van der Waals surface area contributed by atoms with Gasteiger partial charge < -0.3 is 4.90 Å². The smallest absolute Gasteiger partial charge is 0.179 e. The summed E-state index contributed by atoms with van der Waals surface area (Å²) in [4.78, 5) is 14.7. The van der Waals surface area contributed by atoms with Gasteiger partial charge in [0.1, 0.15) is 11.6 Å². The molecule has 1 heterocycles. The molecule has 0 radical (unpaired) electrons. The second-order valence-electron chi connectivity index (χ2n) is 7.44. The van der Waals surface area contributed by atoms with Gasteiger partial charge in [-0.25, -0.2) is 0 Å². The van der Waals surface area contributed by atoms with Crippen molar-refractivity contribution in [3.63, 3.8) is 0 Å². The van der Waals surface area contributed by atoms with Crippen molar-refractivity contribution >= 4 is 11.5 Å². The molecular formula is C20H22N2O. The summed E-state index contributed by atoms with van der Waals surface area (Å²) in [5.41, 5.74) is 5.19. The van der Waals surface area contributed by atoms with Crippen LogP contribution in [0.15, 0.2) is 23.8 Å². The highest BCUT2D eigenvalue weighted by molar-refractivity contribution is 6.09. The van der Waals surface area contributed by atoms with Crippen LogP contribution in [0.3, 0.4) is 0 Å². The molecule has 118 valence electrons. The SMILES string of the molecule is Cc1ccc2c(c1)C(N1CCC3(CCC3)CC1)=C(C#N)C(=O)C2. The molecule has 1 saturated heterocycles. The Morgan fingerprint density at radius 1 is 1.17 bits per heavy atom. The molecule has 1 aromatic carbocycles. The maximum Gasteiger partial charge on any atom is 0.179 e. The number of carbonyl (C=O) groups excluding carboxylic acids is 1. The lowest BCUT2D eigenvalue weighted by Gasteiger charge is -2.49. The first-order chi connectivity index (χ1) is 11.1. The summed E-state index contributed by atoms with van der Waals surface area (Å²) >= 11 is 0. The number of rotatable bonds is 1. The number of ketones is 1. The zero-order valence-corrected chi connectivity index (χ0v) is 13.7. The van der Waals surface area contributed by atoms with Gasteiger partial charge in [0.2, 0.25) is 0 Å². The lowest BCUT2D eigenvalue weighted by Crippen LogP contribution is -2.43. The largest absolute Gasteiger partial charge is 0.370 e. The number of piperidine rings is 1. The van der Waals surface area contributed by atoms with Crippen molar-refractivity contribution in [3.8, 4) is 6.07 Å². The number of carbonyl (C=O) groups is 1. The Bertz CT molecular complexity index is 739. The van der Waals surface area contributed by atoms with Crippen molar-refractivity contribution in [2.45, 2.75) is 45.4 Å². The minimum Gasteiger partial charge on any atom is -0.370 e. The maximum absolute atomic E-state index is 12.4. The number of fused-ring (bicyclic) bond motifs is 1. The number of nitriles is 1. The molecule has 1 spiro atoms. The Hall–Kier alpha value is -2.08. The zero-order chi connectivity index (χ0) is 16.0. The molecular weight excluding hydrogens is 284 g/mol. The topological polar surface area (TPSA) is 44.1 Å². The predicted octanol–water partition coefficient (Wildman–Crippen LogP) is 3.62. The first-order valence-corrected chi connectivity index (χ1v) is 8.64. The molecule has 0 N–H and O–H groups in total. The van der Waals surface area contributed by atoms with Crippen LogP contribution < -0.4 is 0 Å². The van der Waals surface area contributed by atoms with Crippen molar-refractivity contribution < 1.29 is 4.79 Å². The van der Waals surface area contributed by atoms with E-state index in [1.807, 2.05) is 6.07 Å². The summed E-state index contributed by atoms with van der Waals surface area (Å²) in [5, 5.41) is 9.56. The highest BCUT2D eigenvalue weighted by atomic mass is 16.1. The van der Waals surface area contributed by atoms with E-state index >= 15 is 0 Å². The van der Waals surface area contributed by atoms with E-state index < -0.39 is 0 Å². The lowest BCUT2D eigenvalue weighted by molar-refractivity contribution is -0.114. The summed E-state index contributed by atoms with van der Waals surface area (Å²) in [6.45, 7) is 4.02. The van der Waals surface area contributed by atoms with Crippen molar-refractivity contribution in [1.29, 1.82) is 5.26 Å². The number of allylic oxidation sites excluding steroid dienone is 1. The molecule has 3 aliphatic rings. The molecule has 0 unspecified atom stereocenters. The van der Waals surface area contributed by atoms with Crippen LogP contribution in [0.25, 0.3) is 5.70 Å². The van der Waals surface area contributed by atoms with Crippen LogP contribution in [0, 0.1) is 23.7 Å². The van der Waals surface area contributed by atoms with Crippen LogP contribution in [0.4, 0.5) is 0 Å².